The molecule has 1 aromatic heterocycles. The molecule has 86 valence electrons. The fourth-order valence-electron chi connectivity index (χ4n) is 2.44. The average Bonchev–Trinajstić information content (AvgIpc) is 2.89. The van der Waals surface area contributed by atoms with Crippen LogP contribution in [0.4, 0.5) is 0 Å². The molecule has 0 N–H and O–H groups in total. The molecule has 0 amide bonds. The second-order valence-electron chi connectivity index (χ2n) is 4.13. The number of fused-ring (bicyclic) bond motifs is 2. The van der Waals surface area contributed by atoms with Crippen molar-refractivity contribution in [2.24, 2.45) is 0 Å². The predicted octanol–water partition coefficient (Wildman–Crippen LogP) is 0.474. The first kappa shape index (κ1) is 9.86. The molecule has 3 heterocycles. The van der Waals surface area contributed by atoms with Gasteiger partial charge < -0.3 is 19.4 Å². The fourth-order valence-corrected chi connectivity index (χ4v) is 2.44. The Morgan fingerprint density at radius 3 is 3.06 bits per heavy atom. The zero-order chi connectivity index (χ0) is 11.2. The highest BCUT2D eigenvalue weighted by Crippen LogP contribution is 2.41. The minimum Gasteiger partial charge on any atom is -0.616 e. The smallest absolute Gasteiger partial charge is 0.379 e. The van der Waals surface area contributed by atoms with E-state index in [0.717, 1.165) is 16.7 Å². The van der Waals surface area contributed by atoms with E-state index in [9.17, 15) is 5.21 Å². The summed E-state index contributed by atoms with van der Waals surface area (Å²) in [5.41, 5.74) is 1.04. The third kappa shape index (κ3) is 1.15. The van der Waals surface area contributed by atoms with E-state index in [4.69, 9.17) is 14.2 Å². The number of ether oxygens (including phenoxy) is 3. The Labute approximate surface area is 93.1 Å². The summed E-state index contributed by atoms with van der Waals surface area (Å²) in [7, 11) is 1.49. The van der Waals surface area contributed by atoms with Gasteiger partial charge in [0.1, 0.15) is 0 Å². The molecule has 0 aromatic carbocycles. The van der Waals surface area contributed by atoms with Crippen LogP contribution in [-0.4, -0.2) is 20.3 Å². The topological polar surface area (TPSA) is 54.6 Å². The monoisotopic (exact) mass is 223 g/mol. The van der Waals surface area contributed by atoms with Gasteiger partial charge in [-0.15, -0.1) is 4.73 Å². The van der Waals surface area contributed by atoms with Gasteiger partial charge >= 0.3 is 5.88 Å². The van der Waals surface area contributed by atoms with Crippen LogP contribution in [0.3, 0.4) is 0 Å². The summed E-state index contributed by atoms with van der Waals surface area (Å²) in [6, 6.07) is 3.56. The summed E-state index contributed by atoms with van der Waals surface area (Å²) < 4.78 is 17.0. The van der Waals surface area contributed by atoms with Crippen molar-refractivity contribution in [3.63, 3.8) is 0 Å². The Balaban J connectivity index is 2.16. The van der Waals surface area contributed by atoms with Gasteiger partial charge in [-0.3, -0.25) is 0 Å². The maximum Gasteiger partial charge on any atom is 0.379 e. The van der Waals surface area contributed by atoms with Gasteiger partial charge in [-0.1, -0.05) is 0 Å². The summed E-state index contributed by atoms with van der Waals surface area (Å²) in [5, 5.41) is 12.1. The Hall–Kier alpha value is -1.33. The van der Waals surface area contributed by atoms with Crippen molar-refractivity contribution in [1.82, 2.24) is 0 Å². The van der Waals surface area contributed by atoms with Crippen LogP contribution in [0, 0.1) is 5.21 Å². The largest absolute Gasteiger partial charge is 0.616 e. The lowest BCUT2D eigenvalue weighted by molar-refractivity contribution is -0.627. The average molecular weight is 223 g/mol. The maximum atomic E-state index is 12.1. The van der Waals surface area contributed by atoms with Gasteiger partial charge in [-0.05, 0) is 6.07 Å². The number of nitrogens with zero attached hydrogens (tertiary/aromatic N) is 1. The maximum absolute atomic E-state index is 12.1. The number of hydrogen-bond donors (Lipinski definition) is 0. The molecular formula is C11H13NO4. The SMILES string of the molecule is COc1ccc2c([n+]1[O-])C1(CCOC1)OC2. The van der Waals surface area contributed by atoms with Crippen LogP contribution in [0.2, 0.25) is 0 Å². The second-order valence-corrected chi connectivity index (χ2v) is 4.13. The Kier molecular flexibility index (Phi) is 2.05. The standard InChI is InChI=1S/C11H13NO4/c1-14-9-3-2-8-6-16-11(4-5-15-7-11)10(8)12(9)13/h2-3H,4-7H2,1H3. The molecule has 16 heavy (non-hydrogen) atoms. The van der Waals surface area contributed by atoms with Crippen LogP contribution in [0.5, 0.6) is 5.88 Å². The molecule has 1 spiro atoms. The summed E-state index contributed by atoms with van der Waals surface area (Å²) in [6.45, 7) is 1.57. The molecule has 1 unspecified atom stereocenters. The number of methoxy groups -OCH3 is 1. The van der Waals surface area contributed by atoms with Crippen molar-refractivity contribution >= 4 is 0 Å². The van der Waals surface area contributed by atoms with Gasteiger partial charge in [0.15, 0.2) is 5.60 Å². The molecule has 1 aromatic rings. The van der Waals surface area contributed by atoms with Gasteiger partial charge in [-0.25, -0.2) is 0 Å². The van der Waals surface area contributed by atoms with Gasteiger partial charge in [0, 0.05) is 12.0 Å². The molecule has 0 saturated carbocycles. The summed E-state index contributed by atoms with van der Waals surface area (Å²) in [5.74, 6) is 0.301. The number of rotatable bonds is 1. The first-order chi connectivity index (χ1) is 7.77. The fraction of sp³-hybridized carbons (Fsp3) is 0.545. The molecule has 3 rings (SSSR count). The summed E-state index contributed by atoms with van der Waals surface area (Å²) >= 11 is 0. The minimum absolute atomic E-state index is 0.301. The van der Waals surface area contributed by atoms with Crippen LogP contribution in [0.1, 0.15) is 17.7 Å². The molecule has 1 atom stereocenters. The molecular weight excluding hydrogens is 210 g/mol. The van der Waals surface area contributed by atoms with Gasteiger partial charge in [0.2, 0.25) is 5.69 Å². The van der Waals surface area contributed by atoms with Crippen molar-refractivity contribution in [2.75, 3.05) is 20.3 Å². The predicted molar refractivity (Wildman–Crippen MR) is 53.9 cm³/mol. The van der Waals surface area contributed by atoms with E-state index >= 15 is 0 Å². The Bertz CT molecular complexity index is 426. The quantitative estimate of drug-likeness (QED) is 0.513. The second kappa shape index (κ2) is 3.33. The van der Waals surface area contributed by atoms with Gasteiger partial charge in [0.05, 0.1) is 33.0 Å². The summed E-state index contributed by atoms with van der Waals surface area (Å²) in [6.07, 6.45) is 0.732. The van der Waals surface area contributed by atoms with E-state index in [0.29, 0.717) is 31.4 Å². The number of aromatic nitrogens is 1. The molecule has 0 bridgehead atoms. The third-order valence-electron chi connectivity index (χ3n) is 3.26. The lowest BCUT2D eigenvalue weighted by Gasteiger charge is -2.19. The molecule has 2 aliphatic rings. The normalized spacial score (nSPS) is 27.3. The van der Waals surface area contributed by atoms with E-state index in [-0.39, 0.29) is 0 Å². The molecule has 0 aliphatic carbocycles. The van der Waals surface area contributed by atoms with Crippen LogP contribution in [-0.2, 0) is 21.7 Å². The zero-order valence-electron chi connectivity index (χ0n) is 9.06. The van der Waals surface area contributed by atoms with E-state index in [1.807, 2.05) is 6.07 Å². The molecule has 1 saturated heterocycles. The first-order valence-electron chi connectivity index (χ1n) is 5.28. The molecule has 5 nitrogen and oxygen atoms in total. The highest BCUT2D eigenvalue weighted by molar-refractivity contribution is 5.29. The van der Waals surface area contributed by atoms with Crippen LogP contribution in [0.25, 0.3) is 0 Å². The molecule has 1 fully saturated rings. The van der Waals surface area contributed by atoms with E-state index < -0.39 is 5.60 Å². The Morgan fingerprint density at radius 2 is 2.38 bits per heavy atom. The zero-order valence-corrected chi connectivity index (χ0v) is 9.06. The number of pyridine rings is 1. The van der Waals surface area contributed by atoms with Crippen LogP contribution < -0.4 is 9.47 Å². The molecule has 0 radical (unpaired) electrons. The van der Waals surface area contributed by atoms with Crippen molar-refractivity contribution in [1.29, 1.82) is 0 Å². The summed E-state index contributed by atoms with van der Waals surface area (Å²) in [4.78, 5) is 0. The minimum atomic E-state index is -0.550. The highest BCUT2D eigenvalue weighted by atomic mass is 16.6. The van der Waals surface area contributed by atoms with E-state index in [2.05, 4.69) is 0 Å². The lowest BCUT2D eigenvalue weighted by atomic mass is 9.97. The molecule has 2 aliphatic heterocycles. The van der Waals surface area contributed by atoms with Gasteiger partial charge in [0.25, 0.3) is 0 Å². The van der Waals surface area contributed by atoms with Crippen molar-refractivity contribution in [3.05, 3.63) is 28.6 Å². The lowest BCUT2D eigenvalue weighted by Crippen LogP contribution is -2.42. The van der Waals surface area contributed by atoms with E-state index in [1.165, 1.54) is 7.11 Å². The van der Waals surface area contributed by atoms with E-state index in [1.54, 1.807) is 6.07 Å². The first-order valence-corrected chi connectivity index (χ1v) is 5.28. The Morgan fingerprint density at radius 1 is 1.50 bits per heavy atom. The number of hydrogen-bond acceptors (Lipinski definition) is 4. The van der Waals surface area contributed by atoms with Gasteiger partial charge in [-0.2, -0.15) is 0 Å². The van der Waals surface area contributed by atoms with Crippen molar-refractivity contribution in [3.8, 4) is 5.88 Å². The van der Waals surface area contributed by atoms with Crippen molar-refractivity contribution < 1.29 is 18.9 Å². The molecule has 5 heteroatoms. The van der Waals surface area contributed by atoms with Crippen LogP contribution >= 0.6 is 0 Å². The van der Waals surface area contributed by atoms with Crippen molar-refractivity contribution in [2.45, 2.75) is 18.6 Å². The van der Waals surface area contributed by atoms with Crippen LogP contribution in [0.15, 0.2) is 12.1 Å². The highest BCUT2D eigenvalue weighted by Gasteiger charge is 2.50. The third-order valence-corrected chi connectivity index (χ3v) is 3.26.